The number of nitrogens with zero attached hydrogens (tertiary/aromatic N) is 2. The van der Waals surface area contributed by atoms with E-state index in [1.165, 1.54) is 4.90 Å². The van der Waals surface area contributed by atoms with Crippen LogP contribution >= 0.6 is 0 Å². The van der Waals surface area contributed by atoms with E-state index in [1.54, 1.807) is 24.3 Å². The molecule has 3 aromatic rings. The summed E-state index contributed by atoms with van der Waals surface area (Å²) in [5.41, 5.74) is 10.7. The van der Waals surface area contributed by atoms with Crippen LogP contribution in [0.5, 0.6) is 0 Å². The Bertz CT molecular complexity index is 1160. The normalized spacial score (nSPS) is 15.9. The van der Waals surface area contributed by atoms with E-state index in [0.717, 1.165) is 34.7 Å². The van der Waals surface area contributed by atoms with Crippen molar-refractivity contribution >= 4 is 23.2 Å². The largest absolute Gasteiger partial charge is 0.445 e. The molecule has 0 radical (unpaired) electrons. The summed E-state index contributed by atoms with van der Waals surface area (Å²) in [6, 6.07) is 11.4. The molecule has 1 unspecified atom stereocenters. The summed E-state index contributed by atoms with van der Waals surface area (Å²) in [6.45, 7) is -0.464. The molecule has 0 spiro atoms. The molecular weight excluding hydrogens is 452 g/mol. The summed E-state index contributed by atoms with van der Waals surface area (Å²) < 4.78 is 64.2. The van der Waals surface area contributed by atoms with Crippen LogP contribution < -0.4 is 16.4 Å². The monoisotopic (exact) mass is 474 g/mol. The van der Waals surface area contributed by atoms with Crippen molar-refractivity contribution < 1.29 is 27.1 Å². The number of halogens is 4. The second-order valence-electron chi connectivity index (χ2n) is 7.93. The molecule has 1 heterocycles. The second-order valence-corrected chi connectivity index (χ2v) is 7.93. The van der Waals surface area contributed by atoms with Crippen molar-refractivity contribution in [2.45, 2.75) is 12.6 Å². The van der Waals surface area contributed by atoms with Gasteiger partial charge in [0.05, 0.1) is 6.04 Å². The number of ether oxygens (including phenoxy) is 1. The quantitative estimate of drug-likeness (QED) is 0.426. The van der Waals surface area contributed by atoms with E-state index in [2.05, 4.69) is 0 Å². The summed E-state index contributed by atoms with van der Waals surface area (Å²) in [5.74, 6) is -3.81. The van der Waals surface area contributed by atoms with Gasteiger partial charge in [-0.3, -0.25) is 4.90 Å². The number of nitrogens with two attached hydrogens (primary N) is 2. The molecule has 1 aliphatic rings. The number of nitrogen functional groups attached to an aromatic ring is 2. The molecule has 1 fully saturated rings. The van der Waals surface area contributed by atoms with Gasteiger partial charge in [-0.05, 0) is 29.8 Å². The highest BCUT2D eigenvalue weighted by atomic mass is 19.1. The number of carbonyl (C=O) groups excluding carboxylic acids is 1. The first kappa shape index (κ1) is 23.2. The van der Waals surface area contributed by atoms with E-state index < -0.39 is 46.7 Å². The van der Waals surface area contributed by atoms with Crippen molar-refractivity contribution in [3.63, 3.8) is 0 Å². The molecule has 6 nitrogen and oxygen atoms in total. The highest BCUT2D eigenvalue weighted by Gasteiger charge is 2.37. The maximum atomic E-state index is 14.8. The fourth-order valence-electron chi connectivity index (χ4n) is 4.06. The van der Waals surface area contributed by atoms with Crippen molar-refractivity contribution in [1.82, 2.24) is 4.90 Å². The van der Waals surface area contributed by atoms with Crippen LogP contribution in [0.25, 0.3) is 0 Å². The van der Waals surface area contributed by atoms with Gasteiger partial charge in [-0.25, -0.2) is 22.4 Å². The number of benzene rings is 3. The highest BCUT2D eigenvalue weighted by molar-refractivity contribution is 5.69. The van der Waals surface area contributed by atoms with E-state index in [1.807, 2.05) is 6.07 Å². The molecule has 10 heteroatoms. The van der Waals surface area contributed by atoms with Gasteiger partial charge >= 0.3 is 6.09 Å². The predicted molar refractivity (Wildman–Crippen MR) is 120 cm³/mol. The van der Waals surface area contributed by atoms with E-state index in [0.29, 0.717) is 0 Å². The fraction of sp³-hybridized carbons (Fsp3) is 0.208. The highest BCUT2D eigenvalue weighted by Crippen LogP contribution is 2.35. The van der Waals surface area contributed by atoms with E-state index in [9.17, 15) is 22.4 Å². The van der Waals surface area contributed by atoms with Gasteiger partial charge in [-0.2, -0.15) is 0 Å². The summed E-state index contributed by atoms with van der Waals surface area (Å²) in [7, 11) is 0. The first-order chi connectivity index (χ1) is 16.2. The van der Waals surface area contributed by atoms with Crippen molar-refractivity contribution in [1.29, 1.82) is 0 Å². The average molecular weight is 474 g/mol. The molecule has 0 aliphatic carbocycles. The fourth-order valence-corrected chi connectivity index (χ4v) is 4.06. The third-order valence-corrected chi connectivity index (χ3v) is 5.61. The summed E-state index contributed by atoms with van der Waals surface area (Å²) in [5, 5.41) is 0. The minimum Gasteiger partial charge on any atom is -0.445 e. The van der Waals surface area contributed by atoms with Crippen molar-refractivity contribution in [2.24, 2.45) is 0 Å². The molecule has 0 bridgehead atoms. The Labute approximate surface area is 193 Å². The van der Waals surface area contributed by atoms with Gasteiger partial charge in [0.1, 0.15) is 23.9 Å². The lowest BCUT2D eigenvalue weighted by Gasteiger charge is -2.42. The first-order valence-corrected chi connectivity index (χ1v) is 10.5. The molecule has 1 amide bonds. The maximum Gasteiger partial charge on any atom is 0.410 e. The van der Waals surface area contributed by atoms with Crippen LogP contribution in [0.15, 0.2) is 54.6 Å². The van der Waals surface area contributed by atoms with Crippen molar-refractivity contribution in [3.05, 3.63) is 89.0 Å². The Morgan fingerprint density at radius 3 is 2.03 bits per heavy atom. The molecule has 4 N–H and O–H groups in total. The average Bonchev–Trinajstić information content (AvgIpc) is 2.77. The van der Waals surface area contributed by atoms with Gasteiger partial charge in [0.2, 0.25) is 0 Å². The van der Waals surface area contributed by atoms with E-state index in [-0.39, 0.29) is 37.6 Å². The number of piperazine rings is 1. The zero-order chi connectivity index (χ0) is 24.4. The lowest BCUT2D eigenvalue weighted by atomic mass is 10.00. The second kappa shape index (κ2) is 9.50. The smallest absolute Gasteiger partial charge is 0.410 e. The van der Waals surface area contributed by atoms with Crippen LogP contribution in [0.1, 0.15) is 17.2 Å². The number of anilines is 3. The minimum absolute atomic E-state index is 0.00704. The molecule has 0 aromatic heterocycles. The number of carbonyl (C=O) groups is 1. The zero-order valence-electron chi connectivity index (χ0n) is 18.0. The molecule has 0 saturated carbocycles. The van der Waals surface area contributed by atoms with Gasteiger partial charge in [-0.15, -0.1) is 0 Å². The lowest BCUT2D eigenvalue weighted by Crippen LogP contribution is -2.51. The van der Waals surface area contributed by atoms with E-state index >= 15 is 0 Å². The third kappa shape index (κ3) is 4.70. The molecule has 4 rings (SSSR count). The number of rotatable bonds is 4. The number of hydrogen-bond acceptors (Lipinski definition) is 5. The predicted octanol–water partition coefficient (Wildman–Crippen LogP) is 4.61. The number of amides is 1. The molecule has 3 aromatic carbocycles. The van der Waals surface area contributed by atoms with Crippen LogP contribution in [0.4, 0.5) is 39.4 Å². The maximum absolute atomic E-state index is 14.8. The Balaban J connectivity index is 1.66. The summed E-state index contributed by atoms with van der Waals surface area (Å²) in [4.78, 5) is 15.3. The van der Waals surface area contributed by atoms with Crippen LogP contribution in [-0.2, 0) is 11.3 Å². The van der Waals surface area contributed by atoms with E-state index in [4.69, 9.17) is 16.2 Å². The van der Waals surface area contributed by atoms with Gasteiger partial charge in [0.25, 0.3) is 0 Å². The van der Waals surface area contributed by atoms with Gasteiger partial charge in [0.15, 0.2) is 11.6 Å². The molecular formula is C24H22F4N4O2. The Kier molecular flexibility index (Phi) is 6.49. The number of hydrogen-bond donors (Lipinski definition) is 2. The Hall–Kier alpha value is -3.95. The Morgan fingerprint density at radius 2 is 1.44 bits per heavy atom. The van der Waals surface area contributed by atoms with Crippen LogP contribution in [0, 0.1) is 23.3 Å². The first-order valence-electron chi connectivity index (χ1n) is 10.5. The third-order valence-electron chi connectivity index (χ3n) is 5.61. The van der Waals surface area contributed by atoms with Crippen LogP contribution in [0.2, 0.25) is 0 Å². The standard InChI is InChI=1S/C24H22F4N4O2/c25-17-8-15(29)9-18(26)22(17)21-12-31(23-19(27)10-16(30)11-20(23)28)6-7-32(21)24(33)34-13-14-4-2-1-3-5-14/h1-5,8-11,21H,6-7,12-13,29-30H2. The Morgan fingerprint density at radius 1 is 0.882 bits per heavy atom. The van der Waals surface area contributed by atoms with Crippen molar-refractivity contribution in [3.8, 4) is 0 Å². The topological polar surface area (TPSA) is 84.8 Å². The lowest BCUT2D eigenvalue weighted by molar-refractivity contribution is 0.0743. The SMILES string of the molecule is Nc1cc(F)c(C2CN(c3c(F)cc(N)cc3F)CCN2C(=O)OCc2ccccc2)c(F)c1. The van der Waals surface area contributed by atoms with Crippen LogP contribution in [-0.4, -0.2) is 30.6 Å². The van der Waals surface area contributed by atoms with Crippen LogP contribution in [0.3, 0.4) is 0 Å². The summed E-state index contributed by atoms with van der Waals surface area (Å²) in [6.07, 6.45) is -0.817. The minimum atomic E-state index is -1.24. The zero-order valence-corrected chi connectivity index (χ0v) is 18.0. The molecule has 1 aliphatic heterocycles. The molecule has 178 valence electrons. The molecule has 1 saturated heterocycles. The van der Waals surface area contributed by atoms with Crippen molar-refractivity contribution in [2.75, 3.05) is 36.0 Å². The molecule has 34 heavy (non-hydrogen) atoms. The van der Waals surface area contributed by atoms with Gasteiger partial charge in [0, 0.05) is 36.6 Å². The molecule has 1 atom stereocenters. The van der Waals surface area contributed by atoms with Gasteiger partial charge < -0.3 is 21.1 Å². The summed E-state index contributed by atoms with van der Waals surface area (Å²) >= 11 is 0. The van der Waals surface area contributed by atoms with Gasteiger partial charge in [-0.1, -0.05) is 30.3 Å².